The molecule has 1 unspecified atom stereocenters. The van der Waals surface area contributed by atoms with Crippen LogP contribution in [0.5, 0.6) is 0 Å². The standard InChI is InChI=1S/C11H13N3O3S/c12-11-10-7(9-5-2-6-17-9)3-1-4-8(10)13-18(15,16)14-11/h1,3-4,9,13H,2,5-6H2,(H2,12,14). The van der Waals surface area contributed by atoms with Crippen LogP contribution >= 0.6 is 0 Å². The number of nitrogens with two attached hydrogens (primary N) is 1. The highest BCUT2D eigenvalue weighted by atomic mass is 32.2. The number of ether oxygens (including phenoxy) is 1. The van der Waals surface area contributed by atoms with E-state index in [1.54, 1.807) is 12.1 Å². The van der Waals surface area contributed by atoms with Crippen LogP contribution < -0.4 is 10.5 Å². The number of hydrogen-bond donors (Lipinski definition) is 2. The summed E-state index contributed by atoms with van der Waals surface area (Å²) in [5.74, 6) is 0.0230. The van der Waals surface area contributed by atoms with Gasteiger partial charge in [0.25, 0.3) is 0 Å². The summed E-state index contributed by atoms with van der Waals surface area (Å²) in [4.78, 5) is 0. The summed E-state index contributed by atoms with van der Waals surface area (Å²) < 4.78 is 34.4. The van der Waals surface area contributed by atoms with Gasteiger partial charge in [0, 0.05) is 12.2 Å². The van der Waals surface area contributed by atoms with Crippen molar-refractivity contribution in [3.8, 4) is 0 Å². The van der Waals surface area contributed by atoms with Crippen LogP contribution in [0, 0.1) is 0 Å². The number of anilines is 1. The lowest BCUT2D eigenvalue weighted by Gasteiger charge is -2.21. The molecule has 0 radical (unpaired) electrons. The maximum Gasteiger partial charge on any atom is 0.344 e. The van der Waals surface area contributed by atoms with Gasteiger partial charge in [-0.3, -0.25) is 4.72 Å². The zero-order valence-electron chi connectivity index (χ0n) is 9.59. The van der Waals surface area contributed by atoms with E-state index >= 15 is 0 Å². The highest BCUT2D eigenvalue weighted by Crippen LogP contribution is 2.35. The molecule has 0 aliphatic carbocycles. The van der Waals surface area contributed by atoms with Crippen molar-refractivity contribution in [2.75, 3.05) is 11.3 Å². The number of nitrogens with one attached hydrogen (secondary N) is 1. The van der Waals surface area contributed by atoms with E-state index in [0.717, 1.165) is 25.0 Å². The van der Waals surface area contributed by atoms with Crippen LogP contribution in [0.25, 0.3) is 0 Å². The molecule has 0 bridgehead atoms. The van der Waals surface area contributed by atoms with Crippen molar-refractivity contribution in [2.24, 2.45) is 10.1 Å². The summed E-state index contributed by atoms with van der Waals surface area (Å²) >= 11 is 0. The van der Waals surface area contributed by atoms with Gasteiger partial charge in [-0.25, -0.2) is 0 Å². The third-order valence-electron chi connectivity index (χ3n) is 3.09. The molecule has 96 valence electrons. The molecule has 0 aromatic heterocycles. The second-order valence-corrected chi connectivity index (χ2v) is 5.66. The smallest absolute Gasteiger partial charge is 0.344 e. The molecule has 1 fully saturated rings. The van der Waals surface area contributed by atoms with Gasteiger partial charge in [0.15, 0.2) is 0 Å². The zero-order chi connectivity index (χ0) is 12.8. The van der Waals surface area contributed by atoms with E-state index in [1.807, 2.05) is 6.07 Å². The molecule has 3 N–H and O–H groups in total. The Hall–Kier alpha value is -1.60. The first-order valence-corrected chi connectivity index (χ1v) is 7.14. The molecule has 1 atom stereocenters. The fourth-order valence-electron chi connectivity index (χ4n) is 2.37. The number of fused-ring (bicyclic) bond motifs is 1. The minimum atomic E-state index is -3.71. The summed E-state index contributed by atoms with van der Waals surface area (Å²) in [6.45, 7) is 0.719. The fraction of sp³-hybridized carbons (Fsp3) is 0.364. The summed E-state index contributed by atoms with van der Waals surface area (Å²) in [6, 6.07) is 5.36. The first-order chi connectivity index (χ1) is 8.57. The van der Waals surface area contributed by atoms with E-state index in [2.05, 4.69) is 9.12 Å². The van der Waals surface area contributed by atoms with E-state index in [9.17, 15) is 8.42 Å². The second-order valence-electron chi connectivity index (χ2n) is 4.33. The Labute approximate surface area is 105 Å². The van der Waals surface area contributed by atoms with Crippen LogP contribution in [0.3, 0.4) is 0 Å². The van der Waals surface area contributed by atoms with Gasteiger partial charge in [0.1, 0.15) is 5.84 Å². The van der Waals surface area contributed by atoms with Gasteiger partial charge in [-0.15, -0.1) is 4.40 Å². The summed E-state index contributed by atoms with van der Waals surface area (Å²) in [5, 5.41) is 0. The first-order valence-electron chi connectivity index (χ1n) is 5.70. The number of rotatable bonds is 1. The van der Waals surface area contributed by atoms with Crippen LogP contribution in [0.1, 0.15) is 30.1 Å². The number of amidine groups is 1. The molecule has 3 rings (SSSR count). The second kappa shape index (κ2) is 3.96. The molecule has 0 saturated carbocycles. The Morgan fingerprint density at radius 3 is 3.00 bits per heavy atom. The third-order valence-corrected chi connectivity index (χ3v) is 4.00. The molecule has 0 amide bonds. The minimum Gasteiger partial charge on any atom is -0.382 e. The van der Waals surface area contributed by atoms with Gasteiger partial charge in [-0.1, -0.05) is 12.1 Å². The van der Waals surface area contributed by atoms with Crippen LogP contribution in [-0.4, -0.2) is 20.9 Å². The largest absolute Gasteiger partial charge is 0.382 e. The molecule has 18 heavy (non-hydrogen) atoms. The molecule has 2 aliphatic rings. The molecule has 1 aromatic carbocycles. The van der Waals surface area contributed by atoms with Crippen molar-refractivity contribution in [1.29, 1.82) is 0 Å². The van der Waals surface area contributed by atoms with Crippen LogP contribution in [0.2, 0.25) is 0 Å². The summed E-state index contributed by atoms with van der Waals surface area (Å²) in [5.41, 5.74) is 7.77. The van der Waals surface area contributed by atoms with Gasteiger partial charge in [-0.2, -0.15) is 8.42 Å². The van der Waals surface area contributed by atoms with Crippen LogP contribution in [0.4, 0.5) is 5.69 Å². The fourth-order valence-corrected chi connectivity index (χ4v) is 3.21. The Kier molecular flexibility index (Phi) is 2.53. The van der Waals surface area contributed by atoms with Gasteiger partial charge in [0.05, 0.1) is 11.8 Å². The Bertz CT molecular complexity index is 618. The topological polar surface area (TPSA) is 93.8 Å². The van der Waals surface area contributed by atoms with Gasteiger partial charge in [-0.05, 0) is 24.5 Å². The Balaban J connectivity index is 2.15. The van der Waals surface area contributed by atoms with Gasteiger partial charge >= 0.3 is 10.2 Å². The average Bonchev–Trinajstić information content (AvgIpc) is 2.79. The van der Waals surface area contributed by atoms with E-state index in [4.69, 9.17) is 10.5 Å². The average molecular weight is 267 g/mol. The molecule has 6 nitrogen and oxygen atoms in total. The van der Waals surface area contributed by atoms with Crippen LogP contribution in [0.15, 0.2) is 22.6 Å². The quantitative estimate of drug-likeness (QED) is 0.791. The molecular weight excluding hydrogens is 254 g/mol. The summed E-state index contributed by atoms with van der Waals surface area (Å²) in [7, 11) is -3.71. The third kappa shape index (κ3) is 1.85. The van der Waals surface area contributed by atoms with E-state index in [-0.39, 0.29) is 11.9 Å². The van der Waals surface area contributed by atoms with Crippen LogP contribution in [-0.2, 0) is 14.9 Å². The van der Waals surface area contributed by atoms with Gasteiger partial charge in [0.2, 0.25) is 0 Å². The number of hydrogen-bond acceptors (Lipinski definition) is 4. The van der Waals surface area contributed by atoms with Crippen molar-refractivity contribution in [2.45, 2.75) is 18.9 Å². The van der Waals surface area contributed by atoms with E-state index in [1.165, 1.54) is 0 Å². The monoisotopic (exact) mass is 267 g/mol. The first kappa shape index (κ1) is 11.5. The van der Waals surface area contributed by atoms with Crippen molar-refractivity contribution >= 4 is 21.7 Å². The highest BCUT2D eigenvalue weighted by molar-refractivity contribution is 7.91. The van der Waals surface area contributed by atoms with Crippen molar-refractivity contribution in [1.82, 2.24) is 0 Å². The summed E-state index contributed by atoms with van der Waals surface area (Å²) in [6.07, 6.45) is 1.88. The van der Waals surface area contributed by atoms with Crippen molar-refractivity contribution in [3.05, 3.63) is 29.3 Å². The molecule has 1 saturated heterocycles. The molecule has 2 aliphatic heterocycles. The Morgan fingerprint density at radius 2 is 2.28 bits per heavy atom. The zero-order valence-corrected chi connectivity index (χ0v) is 10.4. The van der Waals surface area contributed by atoms with Gasteiger partial charge < -0.3 is 10.5 Å². The Morgan fingerprint density at radius 1 is 1.44 bits per heavy atom. The predicted octanol–water partition coefficient (Wildman–Crippen LogP) is 0.914. The molecule has 0 spiro atoms. The maximum absolute atomic E-state index is 11.4. The van der Waals surface area contributed by atoms with Crippen molar-refractivity contribution in [3.63, 3.8) is 0 Å². The normalized spacial score (nSPS) is 25.1. The molecule has 7 heteroatoms. The molecule has 2 heterocycles. The minimum absolute atomic E-state index is 0.0230. The number of benzene rings is 1. The maximum atomic E-state index is 11.4. The lowest BCUT2D eigenvalue weighted by atomic mass is 9.98. The van der Waals surface area contributed by atoms with E-state index in [0.29, 0.717) is 11.3 Å². The SMILES string of the molecule is NC1=NS(=O)(=O)Nc2cccc(C3CCCO3)c21. The molecule has 1 aromatic rings. The van der Waals surface area contributed by atoms with Crippen molar-refractivity contribution < 1.29 is 13.2 Å². The highest BCUT2D eigenvalue weighted by Gasteiger charge is 2.28. The molecular formula is C11H13N3O3S. The van der Waals surface area contributed by atoms with E-state index < -0.39 is 10.2 Å². The number of nitrogens with zero attached hydrogens (tertiary/aromatic N) is 1. The lowest BCUT2D eigenvalue weighted by Crippen LogP contribution is -2.28. The predicted molar refractivity (Wildman–Crippen MR) is 67.6 cm³/mol. The lowest BCUT2D eigenvalue weighted by molar-refractivity contribution is 0.112.